The average Bonchev–Trinajstić information content (AvgIpc) is 3.00. The van der Waals surface area contributed by atoms with Gasteiger partial charge in [0.15, 0.2) is 0 Å². The molecule has 5 heteroatoms. The Morgan fingerprint density at radius 3 is 3.00 bits per heavy atom. The number of nitrogens with zero attached hydrogens (tertiary/aromatic N) is 2. The van der Waals surface area contributed by atoms with E-state index in [1.54, 1.807) is 0 Å². The normalized spacial score (nSPS) is 18.7. The monoisotopic (exact) mass is 344 g/mol. The Morgan fingerprint density at radius 2 is 2.17 bits per heavy atom. The molecule has 1 atom stereocenters. The molecule has 1 amide bonds. The molecular formula is C18H17ClN2OS. The SMILES string of the molecule is C[C@@H]1CCCN(C(=O)c2cc3c(Cl)nc4ccccc4c3s2)C1. The van der Waals surface area contributed by atoms with Crippen molar-refractivity contribution in [2.75, 3.05) is 13.1 Å². The van der Waals surface area contributed by atoms with Crippen LogP contribution in [0.25, 0.3) is 21.0 Å². The van der Waals surface area contributed by atoms with Crippen molar-refractivity contribution in [1.29, 1.82) is 0 Å². The summed E-state index contributed by atoms with van der Waals surface area (Å²) < 4.78 is 1.05. The first-order chi connectivity index (χ1) is 11.1. The van der Waals surface area contributed by atoms with E-state index in [1.807, 2.05) is 35.2 Å². The van der Waals surface area contributed by atoms with Crippen molar-refractivity contribution < 1.29 is 4.79 Å². The topological polar surface area (TPSA) is 33.2 Å². The number of hydrogen-bond acceptors (Lipinski definition) is 3. The van der Waals surface area contributed by atoms with E-state index in [9.17, 15) is 4.79 Å². The van der Waals surface area contributed by atoms with Crippen molar-refractivity contribution in [2.24, 2.45) is 5.92 Å². The number of thiophene rings is 1. The van der Waals surface area contributed by atoms with Gasteiger partial charge in [-0.2, -0.15) is 0 Å². The molecule has 2 aromatic heterocycles. The number of halogens is 1. The number of aromatic nitrogens is 1. The lowest BCUT2D eigenvalue weighted by Crippen LogP contribution is -2.38. The van der Waals surface area contributed by atoms with Gasteiger partial charge in [-0.15, -0.1) is 11.3 Å². The number of hydrogen-bond donors (Lipinski definition) is 0. The molecule has 1 aliphatic heterocycles. The van der Waals surface area contributed by atoms with E-state index in [4.69, 9.17) is 11.6 Å². The van der Waals surface area contributed by atoms with Gasteiger partial charge in [0.1, 0.15) is 5.15 Å². The number of piperidine rings is 1. The molecule has 118 valence electrons. The third-order valence-electron chi connectivity index (χ3n) is 4.48. The lowest BCUT2D eigenvalue weighted by Gasteiger charge is -2.30. The molecule has 0 N–H and O–H groups in total. The Kier molecular flexibility index (Phi) is 3.74. The summed E-state index contributed by atoms with van der Waals surface area (Å²) in [6, 6.07) is 9.84. The van der Waals surface area contributed by atoms with Crippen LogP contribution in [0.4, 0.5) is 0 Å². The molecule has 0 saturated carbocycles. The Balaban J connectivity index is 1.81. The number of benzene rings is 1. The molecule has 3 aromatic rings. The molecule has 1 fully saturated rings. The third kappa shape index (κ3) is 2.60. The van der Waals surface area contributed by atoms with E-state index in [-0.39, 0.29) is 5.91 Å². The first-order valence-corrected chi connectivity index (χ1v) is 9.10. The molecule has 4 rings (SSSR count). The molecule has 3 heterocycles. The quantitative estimate of drug-likeness (QED) is 0.583. The zero-order chi connectivity index (χ0) is 16.0. The van der Waals surface area contributed by atoms with Crippen molar-refractivity contribution in [3.05, 3.63) is 40.4 Å². The van der Waals surface area contributed by atoms with E-state index in [2.05, 4.69) is 11.9 Å². The summed E-state index contributed by atoms with van der Waals surface area (Å²) >= 11 is 7.86. The highest BCUT2D eigenvalue weighted by Gasteiger charge is 2.24. The molecule has 0 unspecified atom stereocenters. The number of carbonyl (C=O) groups excluding carboxylic acids is 1. The van der Waals surface area contributed by atoms with Crippen LogP contribution in [0.15, 0.2) is 30.3 Å². The summed E-state index contributed by atoms with van der Waals surface area (Å²) in [5.74, 6) is 0.700. The molecule has 0 bridgehead atoms. The van der Waals surface area contributed by atoms with E-state index in [0.717, 1.165) is 45.4 Å². The average molecular weight is 345 g/mol. The highest BCUT2D eigenvalue weighted by Crippen LogP contribution is 2.36. The maximum atomic E-state index is 12.8. The minimum absolute atomic E-state index is 0.123. The summed E-state index contributed by atoms with van der Waals surface area (Å²) in [5.41, 5.74) is 0.873. The van der Waals surface area contributed by atoms with Gasteiger partial charge in [-0.1, -0.05) is 36.7 Å². The molecule has 1 aromatic carbocycles. The van der Waals surface area contributed by atoms with Crippen LogP contribution >= 0.6 is 22.9 Å². The summed E-state index contributed by atoms with van der Waals surface area (Å²) in [5, 5.41) is 2.41. The van der Waals surface area contributed by atoms with Gasteiger partial charge in [0, 0.05) is 28.6 Å². The second kappa shape index (κ2) is 5.77. The van der Waals surface area contributed by atoms with Crippen molar-refractivity contribution in [3.8, 4) is 0 Å². The zero-order valence-electron chi connectivity index (χ0n) is 12.9. The fraction of sp³-hybridized carbons (Fsp3) is 0.333. The lowest BCUT2D eigenvalue weighted by molar-refractivity contribution is 0.0688. The maximum Gasteiger partial charge on any atom is 0.263 e. The van der Waals surface area contributed by atoms with Crippen molar-refractivity contribution in [1.82, 2.24) is 9.88 Å². The van der Waals surface area contributed by atoms with Crippen LogP contribution in [0.2, 0.25) is 5.15 Å². The minimum Gasteiger partial charge on any atom is -0.338 e. The minimum atomic E-state index is 0.123. The van der Waals surface area contributed by atoms with E-state index in [0.29, 0.717) is 11.1 Å². The van der Waals surface area contributed by atoms with Gasteiger partial charge >= 0.3 is 0 Å². The molecule has 0 aliphatic carbocycles. The van der Waals surface area contributed by atoms with Gasteiger partial charge in [0.2, 0.25) is 0 Å². The van der Waals surface area contributed by atoms with Gasteiger partial charge < -0.3 is 4.90 Å². The first kappa shape index (κ1) is 14.9. The first-order valence-electron chi connectivity index (χ1n) is 7.90. The van der Waals surface area contributed by atoms with Crippen LogP contribution in [0.1, 0.15) is 29.4 Å². The zero-order valence-corrected chi connectivity index (χ0v) is 14.5. The summed E-state index contributed by atoms with van der Waals surface area (Å²) in [6.07, 6.45) is 2.29. The number of rotatable bonds is 1. The predicted molar refractivity (Wildman–Crippen MR) is 96.4 cm³/mol. The fourth-order valence-electron chi connectivity index (χ4n) is 3.31. The Labute approximate surface area is 143 Å². The van der Waals surface area contributed by atoms with Gasteiger partial charge in [-0.3, -0.25) is 4.79 Å². The summed E-state index contributed by atoms with van der Waals surface area (Å²) in [6.45, 7) is 3.91. The number of pyridine rings is 1. The van der Waals surface area contributed by atoms with Crippen LogP contribution in [0.5, 0.6) is 0 Å². The second-order valence-electron chi connectivity index (χ2n) is 6.27. The smallest absolute Gasteiger partial charge is 0.263 e. The maximum absolute atomic E-state index is 12.8. The van der Waals surface area contributed by atoms with Gasteiger partial charge in [-0.25, -0.2) is 4.98 Å². The molecule has 0 radical (unpaired) electrons. The molecule has 1 saturated heterocycles. The van der Waals surface area contributed by atoms with E-state index >= 15 is 0 Å². The molecule has 3 nitrogen and oxygen atoms in total. The second-order valence-corrected chi connectivity index (χ2v) is 7.68. The summed E-state index contributed by atoms with van der Waals surface area (Å²) in [7, 11) is 0. The fourth-order valence-corrected chi connectivity index (χ4v) is 4.77. The van der Waals surface area contributed by atoms with Crippen molar-refractivity contribution in [2.45, 2.75) is 19.8 Å². The van der Waals surface area contributed by atoms with E-state index in [1.165, 1.54) is 17.8 Å². The number of amides is 1. The Morgan fingerprint density at radius 1 is 1.35 bits per heavy atom. The van der Waals surface area contributed by atoms with Crippen molar-refractivity contribution >= 4 is 49.8 Å². The van der Waals surface area contributed by atoms with Crippen LogP contribution in [-0.4, -0.2) is 28.9 Å². The van der Waals surface area contributed by atoms with Gasteiger partial charge in [0.05, 0.1) is 10.4 Å². The largest absolute Gasteiger partial charge is 0.338 e. The Bertz CT molecular complexity index is 905. The van der Waals surface area contributed by atoms with Crippen LogP contribution in [0, 0.1) is 5.92 Å². The van der Waals surface area contributed by atoms with E-state index < -0.39 is 0 Å². The lowest BCUT2D eigenvalue weighted by atomic mass is 10.0. The van der Waals surface area contributed by atoms with Gasteiger partial charge in [0.25, 0.3) is 5.91 Å². The molecule has 0 spiro atoms. The number of carbonyl (C=O) groups is 1. The molecule has 1 aliphatic rings. The Hall–Kier alpha value is -1.65. The van der Waals surface area contributed by atoms with Crippen molar-refractivity contribution in [3.63, 3.8) is 0 Å². The van der Waals surface area contributed by atoms with Crippen LogP contribution < -0.4 is 0 Å². The van der Waals surface area contributed by atoms with Gasteiger partial charge in [-0.05, 0) is 30.9 Å². The molecule has 23 heavy (non-hydrogen) atoms. The van der Waals surface area contributed by atoms with Crippen LogP contribution in [-0.2, 0) is 0 Å². The number of likely N-dealkylation sites (tertiary alicyclic amines) is 1. The molecular weight excluding hydrogens is 328 g/mol. The highest BCUT2D eigenvalue weighted by molar-refractivity contribution is 7.21. The number of fused-ring (bicyclic) bond motifs is 3. The summed E-state index contributed by atoms with van der Waals surface area (Å²) in [4.78, 5) is 20.0. The standard InChI is InChI=1S/C18H17ClN2OS/c1-11-5-4-8-21(10-11)18(22)15-9-13-16(23-15)12-6-2-3-7-14(12)20-17(13)19/h2-3,6-7,9,11H,4-5,8,10H2,1H3/t11-/m1/s1. The number of para-hydroxylation sites is 1. The van der Waals surface area contributed by atoms with Crippen LogP contribution in [0.3, 0.4) is 0 Å². The highest BCUT2D eigenvalue weighted by atomic mass is 35.5. The third-order valence-corrected chi connectivity index (χ3v) is 5.92. The predicted octanol–water partition coefficient (Wildman–Crippen LogP) is 4.98.